The van der Waals surface area contributed by atoms with Gasteiger partial charge in [0.05, 0.1) is 23.5 Å². The zero-order chi connectivity index (χ0) is 21.6. The van der Waals surface area contributed by atoms with Gasteiger partial charge in [-0.2, -0.15) is 5.10 Å². The van der Waals surface area contributed by atoms with Crippen LogP contribution in [0.3, 0.4) is 0 Å². The molecule has 0 fully saturated rings. The van der Waals surface area contributed by atoms with Crippen LogP contribution in [0.1, 0.15) is 21.5 Å². The van der Waals surface area contributed by atoms with E-state index in [1.54, 1.807) is 36.4 Å². The molecule has 0 spiro atoms. The van der Waals surface area contributed by atoms with Gasteiger partial charge in [-0.3, -0.25) is 4.79 Å². The Hall–Kier alpha value is -3.23. The molecule has 0 aliphatic rings. The van der Waals surface area contributed by atoms with Crippen LogP contribution in [0.5, 0.6) is 5.75 Å². The third-order valence-electron chi connectivity index (χ3n) is 4.42. The van der Waals surface area contributed by atoms with Crippen molar-refractivity contribution in [3.8, 4) is 5.75 Å². The molecule has 1 aromatic heterocycles. The van der Waals surface area contributed by atoms with Gasteiger partial charge in [-0.1, -0.05) is 23.9 Å². The molecule has 156 valence electrons. The number of hydrogen-bond donors (Lipinski definition) is 1. The molecule has 0 bridgehead atoms. The standard InChI is InChI=1S/C23H18FN3O2S2/c1-29-20-11-6-15(13-25-27-22(28)16-7-9-18(24)10-8-16)12-17(20)14-30-23-26-19-4-2-3-5-21(19)31-23/h2-13H,14H2,1H3,(H,27,28)/b25-13-. The van der Waals surface area contributed by atoms with Gasteiger partial charge in [0, 0.05) is 16.9 Å². The second-order valence-electron chi connectivity index (χ2n) is 6.51. The second-order valence-corrected chi connectivity index (χ2v) is 8.77. The number of ether oxygens (including phenoxy) is 1. The monoisotopic (exact) mass is 451 g/mol. The Morgan fingerprint density at radius 2 is 2.00 bits per heavy atom. The highest BCUT2D eigenvalue weighted by atomic mass is 32.2. The normalized spacial score (nSPS) is 11.2. The third kappa shape index (κ3) is 5.28. The van der Waals surface area contributed by atoms with Crippen LogP contribution >= 0.6 is 23.1 Å². The van der Waals surface area contributed by atoms with Crippen LogP contribution in [-0.4, -0.2) is 24.2 Å². The van der Waals surface area contributed by atoms with Crippen LogP contribution < -0.4 is 10.2 Å². The highest BCUT2D eigenvalue weighted by Gasteiger charge is 2.09. The average Bonchev–Trinajstić information content (AvgIpc) is 3.21. The molecule has 5 nitrogen and oxygen atoms in total. The summed E-state index contributed by atoms with van der Waals surface area (Å²) in [6.07, 6.45) is 1.56. The number of benzene rings is 3. The fraction of sp³-hybridized carbons (Fsp3) is 0.0870. The van der Waals surface area contributed by atoms with E-state index in [4.69, 9.17) is 4.74 Å². The Morgan fingerprint density at radius 3 is 2.77 bits per heavy atom. The number of amides is 1. The van der Waals surface area contributed by atoms with E-state index >= 15 is 0 Å². The highest BCUT2D eigenvalue weighted by molar-refractivity contribution is 8.00. The first-order valence-corrected chi connectivity index (χ1v) is 11.2. The van der Waals surface area contributed by atoms with Crippen LogP contribution in [0.2, 0.25) is 0 Å². The number of rotatable bonds is 7. The SMILES string of the molecule is COc1ccc(/C=N\NC(=O)c2ccc(F)cc2)cc1CSc1nc2ccccc2s1. The molecule has 4 rings (SSSR count). The quantitative estimate of drug-likeness (QED) is 0.229. The fourth-order valence-electron chi connectivity index (χ4n) is 2.88. The maximum absolute atomic E-state index is 13.0. The number of hydrogen-bond acceptors (Lipinski definition) is 6. The molecule has 8 heteroatoms. The number of thioether (sulfide) groups is 1. The zero-order valence-corrected chi connectivity index (χ0v) is 18.2. The summed E-state index contributed by atoms with van der Waals surface area (Å²) in [6, 6.07) is 19.0. The zero-order valence-electron chi connectivity index (χ0n) is 16.5. The number of halogens is 1. The van der Waals surface area contributed by atoms with E-state index < -0.39 is 11.7 Å². The molecule has 4 aromatic rings. The predicted molar refractivity (Wildman–Crippen MR) is 124 cm³/mol. The summed E-state index contributed by atoms with van der Waals surface area (Å²) in [5.41, 5.74) is 5.61. The first kappa shape index (κ1) is 21.0. The van der Waals surface area contributed by atoms with E-state index in [0.29, 0.717) is 11.3 Å². The Kier molecular flexibility index (Phi) is 6.59. The number of fused-ring (bicyclic) bond motifs is 1. The Labute approximate surface area is 187 Å². The Balaban J connectivity index is 1.43. The molecule has 0 radical (unpaired) electrons. The molecule has 3 aromatic carbocycles. The lowest BCUT2D eigenvalue weighted by Crippen LogP contribution is -2.17. The van der Waals surface area contributed by atoms with E-state index in [1.165, 1.54) is 24.3 Å². The van der Waals surface area contributed by atoms with Crippen LogP contribution in [-0.2, 0) is 5.75 Å². The van der Waals surface area contributed by atoms with Gasteiger partial charge in [0.2, 0.25) is 0 Å². The van der Waals surface area contributed by atoms with Crippen molar-refractivity contribution in [1.82, 2.24) is 10.4 Å². The highest BCUT2D eigenvalue weighted by Crippen LogP contribution is 2.33. The maximum Gasteiger partial charge on any atom is 0.271 e. The average molecular weight is 452 g/mol. The number of nitrogens with zero attached hydrogens (tertiary/aromatic N) is 2. The van der Waals surface area contributed by atoms with Crippen molar-refractivity contribution in [3.63, 3.8) is 0 Å². The summed E-state index contributed by atoms with van der Waals surface area (Å²) in [7, 11) is 1.64. The predicted octanol–water partition coefficient (Wildman–Crippen LogP) is 5.50. The van der Waals surface area contributed by atoms with E-state index in [2.05, 4.69) is 21.6 Å². The summed E-state index contributed by atoms with van der Waals surface area (Å²) in [4.78, 5) is 16.7. The number of para-hydroxylation sites is 1. The molecule has 0 atom stereocenters. The maximum atomic E-state index is 13.0. The number of aromatic nitrogens is 1. The molecule has 0 aliphatic heterocycles. The minimum absolute atomic E-state index is 0.334. The van der Waals surface area contributed by atoms with Gasteiger partial charge in [-0.05, 0) is 60.2 Å². The van der Waals surface area contributed by atoms with Crippen molar-refractivity contribution in [1.29, 1.82) is 0 Å². The smallest absolute Gasteiger partial charge is 0.271 e. The largest absolute Gasteiger partial charge is 0.496 e. The number of carbonyl (C=O) groups is 1. The van der Waals surface area contributed by atoms with Crippen LogP contribution in [0.25, 0.3) is 10.2 Å². The molecule has 1 heterocycles. The molecular weight excluding hydrogens is 433 g/mol. The number of methoxy groups -OCH3 is 1. The lowest BCUT2D eigenvalue weighted by atomic mass is 10.1. The summed E-state index contributed by atoms with van der Waals surface area (Å²) in [6.45, 7) is 0. The van der Waals surface area contributed by atoms with E-state index in [1.807, 2.05) is 36.4 Å². The van der Waals surface area contributed by atoms with Gasteiger partial charge < -0.3 is 4.74 Å². The minimum atomic E-state index is -0.406. The topological polar surface area (TPSA) is 63.6 Å². The summed E-state index contributed by atoms with van der Waals surface area (Å²) < 4.78 is 20.6. The molecule has 0 aliphatic carbocycles. The van der Waals surface area contributed by atoms with E-state index in [-0.39, 0.29) is 0 Å². The first-order chi connectivity index (χ1) is 15.1. The van der Waals surface area contributed by atoms with Crippen molar-refractivity contribution in [3.05, 3.63) is 89.2 Å². The van der Waals surface area contributed by atoms with Gasteiger partial charge in [0.25, 0.3) is 5.91 Å². The van der Waals surface area contributed by atoms with Crippen LogP contribution in [0, 0.1) is 5.82 Å². The van der Waals surface area contributed by atoms with Gasteiger partial charge in [0.15, 0.2) is 4.34 Å². The van der Waals surface area contributed by atoms with Gasteiger partial charge in [-0.15, -0.1) is 11.3 Å². The third-order valence-corrected chi connectivity index (χ3v) is 6.64. The van der Waals surface area contributed by atoms with Crippen LogP contribution in [0.15, 0.2) is 76.2 Å². The van der Waals surface area contributed by atoms with Gasteiger partial charge in [0.1, 0.15) is 11.6 Å². The van der Waals surface area contributed by atoms with Crippen LogP contribution in [0.4, 0.5) is 4.39 Å². The number of hydrazone groups is 1. The molecule has 1 amide bonds. The number of carbonyl (C=O) groups excluding carboxylic acids is 1. The number of nitrogens with one attached hydrogen (secondary N) is 1. The molecule has 31 heavy (non-hydrogen) atoms. The van der Waals surface area contributed by atoms with Gasteiger partial charge in [-0.25, -0.2) is 14.8 Å². The fourth-order valence-corrected chi connectivity index (χ4v) is 4.92. The Morgan fingerprint density at radius 1 is 1.19 bits per heavy atom. The van der Waals surface area contributed by atoms with Crippen molar-refractivity contribution in [2.24, 2.45) is 5.10 Å². The van der Waals surface area contributed by atoms with Crippen molar-refractivity contribution in [2.45, 2.75) is 10.1 Å². The van der Waals surface area contributed by atoms with Crippen molar-refractivity contribution >= 4 is 45.4 Å². The summed E-state index contributed by atoms with van der Waals surface area (Å²) in [5, 5.41) is 4.01. The Bertz CT molecular complexity index is 1210. The van der Waals surface area contributed by atoms with Crippen molar-refractivity contribution < 1.29 is 13.9 Å². The van der Waals surface area contributed by atoms with E-state index in [0.717, 1.165) is 31.4 Å². The molecular formula is C23H18FN3O2S2. The minimum Gasteiger partial charge on any atom is -0.496 e. The second kappa shape index (κ2) is 9.72. The first-order valence-electron chi connectivity index (χ1n) is 9.36. The molecule has 0 unspecified atom stereocenters. The van der Waals surface area contributed by atoms with Gasteiger partial charge >= 0.3 is 0 Å². The molecule has 0 saturated carbocycles. The molecule has 1 N–H and O–H groups in total. The van der Waals surface area contributed by atoms with Crippen molar-refractivity contribution in [2.75, 3.05) is 7.11 Å². The molecule has 0 saturated heterocycles. The summed E-state index contributed by atoms with van der Waals surface area (Å²) >= 11 is 3.31. The number of thiazole rings is 1. The summed E-state index contributed by atoms with van der Waals surface area (Å²) in [5.74, 6) is 0.666. The van der Waals surface area contributed by atoms with E-state index in [9.17, 15) is 9.18 Å². The lowest BCUT2D eigenvalue weighted by Gasteiger charge is -2.08. The lowest BCUT2D eigenvalue weighted by molar-refractivity contribution is 0.0955.